The second kappa shape index (κ2) is 7.92. The first-order valence-corrected chi connectivity index (χ1v) is 9.28. The van der Waals surface area contributed by atoms with Crippen molar-refractivity contribution < 1.29 is 22.4 Å². The van der Waals surface area contributed by atoms with Gasteiger partial charge in [-0.05, 0) is 35.9 Å². The highest BCUT2D eigenvalue weighted by atomic mass is 35.5. The number of benzene rings is 3. The van der Waals surface area contributed by atoms with Gasteiger partial charge in [-0.1, -0.05) is 41.9 Å². The van der Waals surface area contributed by atoms with Crippen LogP contribution >= 0.6 is 11.6 Å². The number of aromatic amines is 1. The first kappa shape index (κ1) is 20.7. The first-order chi connectivity index (χ1) is 14.7. The molecular formula is C21H13ClF4N4O. The zero-order chi connectivity index (χ0) is 22.2. The van der Waals surface area contributed by atoms with E-state index >= 15 is 0 Å². The van der Waals surface area contributed by atoms with Gasteiger partial charge in [0.1, 0.15) is 5.52 Å². The van der Waals surface area contributed by atoms with Crippen molar-refractivity contribution in [3.05, 3.63) is 77.1 Å². The number of hydrogen-bond acceptors (Lipinski definition) is 2. The monoisotopic (exact) mass is 448 g/mol. The van der Waals surface area contributed by atoms with Crippen LogP contribution in [0, 0.1) is 5.82 Å². The van der Waals surface area contributed by atoms with E-state index in [0.29, 0.717) is 11.1 Å². The summed E-state index contributed by atoms with van der Waals surface area (Å²) in [6.45, 7) is 0. The summed E-state index contributed by atoms with van der Waals surface area (Å²) >= 11 is 6.17. The molecule has 0 fully saturated rings. The minimum atomic E-state index is -4.48. The van der Waals surface area contributed by atoms with Gasteiger partial charge in [0.05, 0.1) is 10.6 Å². The van der Waals surface area contributed by atoms with Crippen LogP contribution in [-0.2, 0) is 6.18 Å². The molecule has 0 radical (unpaired) electrons. The lowest BCUT2D eigenvalue weighted by atomic mass is 10.0. The van der Waals surface area contributed by atoms with E-state index in [1.807, 2.05) is 6.07 Å². The Morgan fingerprint density at radius 3 is 2.32 bits per heavy atom. The molecule has 158 valence electrons. The van der Waals surface area contributed by atoms with Gasteiger partial charge in [0.2, 0.25) is 0 Å². The summed E-state index contributed by atoms with van der Waals surface area (Å²) in [6, 6.07) is 13.7. The first-order valence-electron chi connectivity index (χ1n) is 8.91. The van der Waals surface area contributed by atoms with Gasteiger partial charge in [0.25, 0.3) is 0 Å². The summed E-state index contributed by atoms with van der Waals surface area (Å²) in [5.41, 5.74) is 0.408. The summed E-state index contributed by atoms with van der Waals surface area (Å²) in [7, 11) is 0. The zero-order valence-corrected chi connectivity index (χ0v) is 16.3. The maximum atomic E-state index is 14.8. The van der Waals surface area contributed by atoms with Crippen molar-refractivity contribution in [2.75, 3.05) is 10.6 Å². The Morgan fingerprint density at radius 2 is 1.68 bits per heavy atom. The van der Waals surface area contributed by atoms with Crippen LogP contribution in [0.25, 0.3) is 22.0 Å². The SMILES string of the molecule is O=C(Nc1ccc(C(F)(F)F)cc1)Nc1n[nH]c2c(F)c(Cl)c(-c3ccccc3)cc12. The van der Waals surface area contributed by atoms with Gasteiger partial charge >= 0.3 is 12.2 Å². The van der Waals surface area contributed by atoms with Crippen LogP contribution in [0.2, 0.25) is 5.02 Å². The number of halogens is 5. The molecule has 1 heterocycles. The lowest BCUT2D eigenvalue weighted by molar-refractivity contribution is -0.137. The summed E-state index contributed by atoms with van der Waals surface area (Å²) in [5.74, 6) is -0.686. The highest BCUT2D eigenvalue weighted by molar-refractivity contribution is 6.34. The number of carbonyl (C=O) groups is 1. The molecule has 0 saturated heterocycles. The molecule has 4 rings (SSSR count). The Balaban J connectivity index is 1.60. The van der Waals surface area contributed by atoms with Crippen molar-refractivity contribution in [1.82, 2.24) is 10.2 Å². The molecule has 2 amide bonds. The van der Waals surface area contributed by atoms with Crippen LogP contribution in [0.1, 0.15) is 5.56 Å². The molecule has 3 aromatic carbocycles. The lowest BCUT2D eigenvalue weighted by Gasteiger charge is -2.10. The van der Waals surface area contributed by atoms with Crippen LogP contribution in [0.3, 0.4) is 0 Å². The van der Waals surface area contributed by atoms with Crippen LogP contribution in [0.4, 0.5) is 33.9 Å². The van der Waals surface area contributed by atoms with Gasteiger partial charge < -0.3 is 5.32 Å². The zero-order valence-electron chi connectivity index (χ0n) is 15.5. The van der Waals surface area contributed by atoms with E-state index in [9.17, 15) is 22.4 Å². The summed E-state index contributed by atoms with van der Waals surface area (Å²) in [4.78, 5) is 12.3. The number of carbonyl (C=O) groups excluding carboxylic acids is 1. The Labute approximate surface area is 178 Å². The number of hydrogen-bond donors (Lipinski definition) is 3. The Morgan fingerprint density at radius 1 is 1.00 bits per heavy atom. The van der Waals surface area contributed by atoms with Gasteiger partial charge in [0, 0.05) is 16.6 Å². The molecule has 0 unspecified atom stereocenters. The van der Waals surface area contributed by atoms with Crippen LogP contribution < -0.4 is 10.6 Å². The second-order valence-corrected chi connectivity index (χ2v) is 6.95. The van der Waals surface area contributed by atoms with Crippen molar-refractivity contribution in [1.29, 1.82) is 0 Å². The smallest absolute Gasteiger partial charge is 0.308 e. The number of rotatable bonds is 3. The van der Waals surface area contributed by atoms with Crippen molar-refractivity contribution in [3.8, 4) is 11.1 Å². The standard InChI is InChI=1S/C21H13ClF4N4O/c22-16-14(11-4-2-1-3-5-11)10-15-18(17(16)23)29-30-19(15)28-20(31)27-13-8-6-12(7-9-13)21(24,25)26/h1-10H,(H3,27,28,29,30,31). The molecule has 0 spiro atoms. The van der Waals surface area contributed by atoms with E-state index in [4.69, 9.17) is 11.6 Å². The molecule has 1 aromatic heterocycles. The number of aromatic nitrogens is 2. The average molecular weight is 449 g/mol. The molecule has 0 aliphatic rings. The predicted octanol–water partition coefficient (Wildman–Crippen LogP) is 6.69. The molecule has 3 N–H and O–H groups in total. The van der Waals surface area contributed by atoms with Gasteiger partial charge in [0.15, 0.2) is 11.6 Å². The fraction of sp³-hybridized carbons (Fsp3) is 0.0476. The van der Waals surface area contributed by atoms with Crippen LogP contribution in [-0.4, -0.2) is 16.2 Å². The van der Waals surface area contributed by atoms with Crippen molar-refractivity contribution in [2.45, 2.75) is 6.18 Å². The molecule has 0 bridgehead atoms. The number of amides is 2. The lowest BCUT2D eigenvalue weighted by Crippen LogP contribution is -2.20. The fourth-order valence-corrected chi connectivity index (χ4v) is 3.29. The summed E-state index contributed by atoms with van der Waals surface area (Å²) in [5, 5.41) is 11.5. The number of nitrogens with zero attached hydrogens (tertiary/aromatic N) is 1. The highest BCUT2D eigenvalue weighted by Crippen LogP contribution is 2.37. The molecule has 10 heteroatoms. The quantitative estimate of drug-likeness (QED) is 0.306. The van der Waals surface area contributed by atoms with Gasteiger partial charge in [-0.2, -0.15) is 18.3 Å². The van der Waals surface area contributed by atoms with E-state index in [1.165, 1.54) is 0 Å². The number of urea groups is 1. The number of H-pyrrole nitrogens is 1. The Hall–Kier alpha value is -3.59. The maximum Gasteiger partial charge on any atom is 0.416 e. The van der Waals surface area contributed by atoms with E-state index < -0.39 is 23.6 Å². The van der Waals surface area contributed by atoms with E-state index in [-0.39, 0.29) is 27.4 Å². The van der Waals surface area contributed by atoms with E-state index in [2.05, 4.69) is 20.8 Å². The molecule has 0 saturated carbocycles. The van der Waals surface area contributed by atoms with Gasteiger partial charge in [-0.15, -0.1) is 0 Å². The van der Waals surface area contributed by atoms with Gasteiger partial charge in [-0.25, -0.2) is 9.18 Å². The third kappa shape index (κ3) is 4.17. The number of alkyl halides is 3. The molecule has 0 aliphatic heterocycles. The second-order valence-electron chi connectivity index (χ2n) is 6.57. The maximum absolute atomic E-state index is 14.8. The minimum absolute atomic E-state index is 0.00881. The molecule has 0 atom stereocenters. The molecular weight excluding hydrogens is 436 g/mol. The largest absolute Gasteiger partial charge is 0.416 e. The Kier molecular flexibility index (Phi) is 5.28. The molecule has 31 heavy (non-hydrogen) atoms. The highest BCUT2D eigenvalue weighted by Gasteiger charge is 2.30. The fourth-order valence-electron chi connectivity index (χ4n) is 3.03. The number of nitrogens with one attached hydrogen (secondary N) is 3. The van der Waals surface area contributed by atoms with Crippen LogP contribution in [0.5, 0.6) is 0 Å². The van der Waals surface area contributed by atoms with Crippen molar-refractivity contribution in [2.24, 2.45) is 0 Å². The van der Waals surface area contributed by atoms with Crippen molar-refractivity contribution >= 4 is 40.0 Å². The topological polar surface area (TPSA) is 69.8 Å². The minimum Gasteiger partial charge on any atom is -0.308 e. The third-order valence-corrected chi connectivity index (χ3v) is 4.90. The number of anilines is 2. The van der Waals surface area contributed by atoms with Crippen molar-refractivity contribution in [3.63, 3.8) is 0 Å². The molecule has 5 nitrogen and oxygen atoms in total. The molecule has 0 aliphatic carbocycles. The predicted molar refractivity (Wildman–Crippen MR) is 111 cm³/mol. The third-order valence-electron chi connectivity index (χ3n) is 4.53. The van der Waals surface area contributed by atoms with E-state index in [0.717, 1.165) is 24.3 Å². The number of fused-ring (bicyclic) bond motifs is 1. The average Bonchev–Trinajstić information content (AvgIpc) is 3.13. The summed E-state index contributed by atoms with van der Waals surface area (Å²) in [6.07, 6.45) is -4.48. The molecule has 4 aromatic rings. The Bertz CT molecular complexity index is 1250. The van der Waals surface area contributed by atoms with Crippen LogP contribution in [0.15, 0.2) is 60.7 Å². The summed E-state index contributed by atoms with van der Waals surface area (Å²) < 4.78 is 52.7. The normalized spacial score (nSPS) is 11.5. The van der Waals surface area contributed by atoms with Gasteiger partial charge in [-0.3, -0.25) is 10.4 Å². The van der Waals surface area contributed by atoms with E-state index in [1.54, 1.807) is 30.3 Å².